The minimum atomic E-state index is -0.204. The molecule has 0 N–H and O–H groups in total. The molecule has 1 aliphatic rings. The van der Waals surface area contributed by atoms with Gasteiger partial charge in [0.05, 0.1) is 6.10 Å². The number of ether oxygens (including phenoxy) is 1. The van der Waals surface area contributed by atoms with Crippen molar-refractivity contribution in [3.63, 3.8) is 0 Å². The van der Waals surface area contributed by atoms with Crippen LogP contribution in [0.25, 0.3) is 0 Å². The van der Waals surface area contributed by atoms with Crippen LogP contribution >= 0.6 is 0 Å². The van der Waals surface area contributed by atoms with E-state index in [1.807, 2.05) is 13.0 Å². The molecular weight excluding hydrogens is 131 g/mol. The van der Waals surface area contributed by atoms with E-state index in [0.29, 0.717) is 0 Å². The molecule has 0 radical (unpaired) electrons. The largest absolute Gasteiger partial charge is 0.377 e. The summed E-state index contributed by atoms with van der Waals surface area (Å²) in [4.78, 5) is 0. The molecule has 56 valence electrons. The molecule has 10 heavy (non-hydrogen) atoms. The zero-order chi connectivity index (χ0) is 7.56. The van der Waals surface area contributed by atoms with Crippen LogP contribution in [0.2, 0.25) is 0 Å². The molecule has 0 aromatic carbocycles. The highest BCUT2D eigenvalue weighted by Crippen LogP contribution is 2.18. The van der Waals surface area contributed by atoms with E-state index in [1.165, 1.54) is 12.2 Å². The lowest BCUT2D eigenvalue weighted by molar-refractivity contribution is 0.109. The van der Waals surface area contributed by atoms with E-state index in [-0.39, 0.29) is 17.8 Å². The van der Waals surface area contributed by atoms with Crippen molar-refractivity contribution in [3.05, 3.63) is 24.1 Å². The van der Waals surface area contributed by atoms with Gasteiger partial charge in [-0.05, 0) is 12.2 Å². The molecule has 2 atom stereocenters. The van der Waals surface area contributed by atoms with Gasteiger partial charge in [0.1, 0.15) is 5.83 Å². The van der Waals surface area contributed by atoms with Crippen LogP contribution in [0, 0.1) is 5.92 Å². The summed E-state index contributed by atoms with van der Waals surface area (Å²) in [5.41, 5.74) is 0. The molecule has 2 unspecified atom stereocenters. The number of methoxy groups -OCH3 is 1. The van der Waals surface area contributed by atoms with Crippen LogP contribution in [-0.4, -0.2) is 13.2 Å². The van der Waals surface area contributed by atoms with Gasteiger partial charge < -0.3 is 4.74 Å². The van der Waals surface area contributed by atoms with Gasteiger partial charge in [-0.2, -0.15) is 0 Å². The molecule has 0 bridgehead atoms. The Hall–Kier alpha value is -0.630. The molecule has 2 heteroatoms. The van der Waals surface area contributed by atoms with Gasteiger partial charge >= 0.3 is 0 Å². The van der Waals surface area contributed by atoms with Crippen LogP contribution in [0.5, 0.6) is 0 Å². The quantitative estimate of drug-likeness (QED) is 0.544. The van der Waals surface area contributed by atoms with Crippen LogP contribution in [-0.2, 0) is 4.74 Å². The topological polar surface area (TPSA) is 9.23 Å². The molecule has 0 heterocycles. The number of halogens is 1. The van der Waals surface area contributed by atoms with Crippen LogP contribution in [0.3, 0.4) is 0 Å². The first-order chi connectivity index (χ1) is 4.74. The van der Waals surface area contributed by atoms with Crippen molar-refractivity contribution >= 4 is 0 Å². The third-order valence-corrected chi connectivity index (χ3v) is 1.67. The highest BCUT2D eigenvalue weighted by atomic mass is 19.1. The van der Waals surface area contributed by atoms with E-state index < -0.39 is 0 Å². The zero-order valence-electron chi connectivity index (χ0n) is 6.17. The molecule has 1 nitrogen and oxygen atoms in total. The van der Waals surface area contributed by atoms with E-state index in [4.69, 9.17) is 4.74 Å². The summed E-state index contributed by atoms with van der Waals surface area (Å²) in [6, 6.07) is 0. The smallest absolute Gasteiger partial charge is 0.121 e. The summed E-state index contributed by atoms with van der Waals surface area (Å²) in [5, 5.41) is 0. The fourth-order valence-electron chi connectivity index (χ4n) is 1.00. The summed E-state index contributed by atoms with van der Waals surface area (Å²) in [5.74, 6) is 0.0782. The fourth-order valence-corrected chi connectivity index (χ4v) is 1.00. The lowest BCUT2D eigenvalue weighted by atomic mass is 9.99. The molecule has 0 aromatic heterocycles. The number of hydrogen-bond acceptors (Lipinski definition) is 1. The maximum absolute atomic E-state index is 12.5. The van der Waals surface area contributed by atoms with Crippen LogP contribution in [0.4, 0.5) is 4.39 Å². The molecule has 0 aromatic rings. The molecule has 0 saturated heterocycles. The SMILES string of the molecule is COC1C=C(F)C=CC1C. The van der Waals surface area contributed by atoms with Crippen molar-refractivity contribution in [2.75, 3.05) is 7.11 Å². The lowest BCUT2D eigenvalue weighted by Gasteiger charge is -2.18. The molecule has 0 fully saturated rings. The number of allylic oxidation sites excluding steroid dienone is 2. The molecule has 0 amide bonds. The van der Waals surface area contributed by atoms with Crippen molar-refractivity contribution in [2.45, 2.75) is 13.0 Å². The van der Waals surface area contributed by atoms with Gasteiger partial charge in [0.15, 0.2) is 0 Å². The van der Waals surface area contributed by atoms with E-state index in [9.17, 15) is 4.39 Å². The van der Waals surface area contributed by atoms with Crippen molar-refractivity contribution in [1.82, 2.24) is 0 Å². The first-order valence-electron chi connectivity index (χ1n) is 3.32. The summed E-state index contributed by atoms with van der Waals surface area (Å²) in [6.07, 6.45) is 4.68. The Bertz CT molecular complexity index is 172. The average molecular weight is 142 g/mol. The Morgan fingerprint density at radius 1 is 1.60 bits per heavy atom. The molecule has 1 aliphatic carbocycles. The van der Waals surface area contributed by atoms with Crippen LogP contribution in [0.1, 0.15) is 6.92 Å². The number of hydrogen-bond donors (Lipinski definition) is 0. The highest BCUT2D eigenvalue weighted by molar-refractivity contribution is 5.20. The minimum absolute atomic E-state index is 0.0926. The predicted octanol–water partition coefficient (Wildman–Crippen LogP) is 2.06. The first-order valence-corrected chi connectivity index (χ1v) is 3.32. The van der Waals surface area contributed by atoms with Crippen LogP contribution in [0.15, 0.2) is 24.1 Å². The summed E-state index contributed by atoms with van der Waals surface area (Å²) in [6.45, 7) is 1.99. The lowest BCUT2D eigenvalue weighted by Crippen LogP contribution is -2.18. The molecule has 0 spiro atoms. The normalized spacial score (nSPS) is 32.1. The minimum Gasteiger partial charge on any atom is -0.377 e. The van der Waals surface area contributed by atoms with Crippen molar-refractivity contribution in [3.8, 4) is 0 Å². The molecule has 1 rings (SSSR count). The van der Waals surface area contributed by atoms with E-state index >= 15 is 0 Å². The van der Waals surface area contributed by atoms with Crippen molar-refractivity contribution < 1.29 is 9.13 Å². The summed E-state index contributed by atoms with van der Waals surface area (Å²) < 4.78 is 17.5. The van der Waals surface area contributed by atoms with Gasteiger partial charge in [0, 0.05) is 13.0 Å². The number of rotatable bonds is 1. The molecular formula is C8H11FO. The fraction of sp³-hybridized carbons (Fsp3) is 0.500. The van der Waals surface area contributed by atoms with Gasteiger partial charge in [-0.3, -0.25) is 0 Å². The Morgan fingerprint density at radius 2 is 2.30 bits per heavy atom. The van der Waals surface area contributed by atoms with Gasteiger partial charge in [-0.15, -0.1) is 0 Å². The highest BCUT2D eigenvalue weighted by Gasteiger charge is 2.15. The maximum Gasteiger partial charge on any atom is 0.121 e. The monoisotopic (exact) mass is 142 g/mol. The third kappa shape index (κ3) is 1.45. The maximum atomic E-state index is 12.5. The Morgan fingerprint density at radius 3 is 2.80 bits per heavy atom. The van der Waals surface area contributed by atoms with E-state index in [0.717, 1.165) is 0 Å². The zero-order valence-corrected chi connectivity index (χ0v) is 6.17. The standard InChI is InChI=1S/C8H11FO/c1-6-3-4-7(9)5-8(6)10-2/h3-6,8H,1-2H3. The molecule has 0 saturated carbocycles. The van der Waals surface area contributed by atoms with Gasteiger partial charge in [-0.1, -0.05) is 13.0 Å². The summed E-state index contributed by atoms with van der Waals surface area (Å²) in [7, 11) is 1.59. The first kappa shape index (κ1) is 7.48. The van der Waals surface area contributed by atoms with Gasteiger partial charge in [-0.25, -0.2) is 4.39 Å². The predicted molar refractivity (Wildman–Crippen MR) is 38.3 cm³/mol. The Balaban J connectivity index is 2.67. The van der Waals surface area contributed by atoms with Gasteiger partial charge in [0.25, 0.3) is 0 Å². The van der Waals surface area contributed by atoms with Crippen molar-refractivity contribution in [2.24, 2.45) is 5.92 Å². The van der Waals surface area contributed by atoms with Gasteiger partial charge in [0.2, 0.25) is 0 Å². The Labute approximate surface area is 60.2 Å². The Kier molecular flexibility index (Phi) is 2.22. The van der Waals surface area contributed by atoms with E-state index in [2.05, 4.69) is 0 Å². The average Bonchev–Trinajstić information content (AvgIpc) is 1.94. The third-order valence-electron chi connectivity index (χ3n) is 1.67. The molecule has 0 aliphatic heterocycles. The second-order valence-corrected chi connectivity index (χ2v) is 2.47. The van der Waals surface area contributed by atoms with E-state index in [1.54, 1.807) is 7.11 Å². The van der Waals surface area contributed by atoms with Crippen molar-refractivity contribution in [1.29, 1.82) is 0 Å². The van der Waals surface area contributed by atoms with Crippen LogP contribution < -0.4 is 0 Å². The second-order valence-electron chi connectivity index (χ2n) is 2.47. The summed E-state index contributed by atoms with van der Waals surface area (Å²) >= 11 is 0. The second kappa shape index (κ2) is 2.97.